The molecule has 0 radical (unpaired) electrons. The van der Waals surface area contributed by atoms with Gasteiger partial charge in [0.05, 0.1) is 0 Å². The number of hydrogen-bond donors (Lipinski definition) is 1. The lowest BCUT2D eigenvalue weighted by Gasteiger charge is -2.24. The van der Waals surface area contributed by atoms with Crippen molar-refractivity contribution >= 4 is 17.8 Å². The van der Waals surface area contributed by atoms with Crippen molar-refractivity contribution in [2.45, 2.75) is 45.6 Å². The van der Waals surface area contributed by atoms with E-state index in [9.17, 15) is 0 Å². The third-order valence-electron chi connectivity index (χ3n) is 4.15. The minimum atomic E-state index is 0.526. The minimum absolute atomic E-state index is 0.526. The Balaban J connectivity index is 1.91. The van der Waals surface area contributed by atoms with Gasteiger partial charge in [0.2, 0.25) is 17.8 Å². The Kier molecular flexibility index (Phi) is 3.89. The molecule has 0 spiro atoms. The number of rotatable bonds is 4. The first-order chi connectivity index (χ1) is 9.78. The highest BCUT2D eigenvalue weighted by Crippen LogP contribution is 2.25. The molecular weight excluding hydrogens is 252 g/mol. The quantitative estimate of drug-likeness (QED) is 0.906. The van der Waals surface area contributed by atoms with Crippen LogP contribution in [-0.4, -0.2) is 47.2 Å². The fourth-order valence-electron chi connectivity index (χ4n) is 3.01. The van der Waals surface area contributed by atoms with E-state index in [-0.39, 0.29) is 0 Å². The molecule has 6 heteroatoms. The molecule has 3 rings (SSSR count). The molecule has 0 saturated carbocycles. The summed E-state index contributed by atoms with van der Waals surface area (Å²) in [5.41, 5.74) is 0. The standard InChI is InChI=1S/C14H24N6/c1-3-15-12-16-13(19-8-4-5-9-19)18-14(17-12)20-10-6-7-11(20)2/h11H,3-10H2,1-2H3,(H,15,16,17,18). The van der Waals surface area contributed by atoms with Crippen LogP contribution < -0.4 is 15.1 Å². The van der Waals surface area contributed by atoms with Gasteiger partial charge in [0.1, 0.15) is 0 Å². The van der Waals surface area contributed by atoms with Crippen molar-refractivity contribution in [2.24, 2.45) is 0 Å². The summed E-state index contributed by atoms with van der Waals surface area (Å²) in [6.07, 6.45) is 4.92. The molecule has 1 N–H and O–H groups in total. The normalized spacial score (nSPS) is 22.6. The van der Waals surface area contributed by atoms with Crippen molar-refractivity contribution in [1.82, 2.24) is 15.0 Å². The molecule has 0 aliphatic carbocycles. The van der Waals surface area contributed by atoms with Crippen molar-refractivity contribution in [1.29, 1.82) is 0 Å². The Bertz CT molecular complexity index is 457. The molecule has 1 aromatic heterocycles. The average Bonchev–Trinajstić information content (AvgIpc) is 3.09. The van der Waals surface area contributed by atoms with Crippen LogP contribution in [0.4, 0.5) is 17.8 Å². The molecular formula is C14H24N6. The summed E-state index contributed by atoms with van der Waals surface area (Å²) < 4.78 is 0. The van der Waals surface area contributed by atoms with Crippen LogP contribution in [0.3, 0.4) is 0 Å². The zero-order valence-corrected chi connectivity index (χ0v) is 12.5. The first-order valence-electron chi connectivity index (χ1n) is 7.79. The summed E-state index contributed by atoms with van der Waals surface area (Å²) in [6.45, 7) is 8.32. The lowest BCUT2D eigenvalue weighted by Crippen LogP contribution is -2.30. The number of hydrogen-bond acceptors (Lipinski definition) is 6. The van der Waals surface area contributed by atoms with Crippen LogP contribution >= 0.6 is 0 Å². The van der Waals surface area contributed by atoms with Crippen molar-refractivity contribution in [3.05, 3.63) is 0 Å². The van der Waals surface area contributed by atoms with Crippen LogP contribution in [0.15, 0.2) is 0 Å². The molecule has 2 fully saturated rings. The second kappa shape index (κ2) is 5.81. The summed E-state index contributed by atoms with van der Waals surface area (Å²) in [7, 11) is 0. The summed E-state index contributed by atoms with van der Waals surface area (Å²) in [5.74, 6) is 2.38. The Hall–Kier alpha value is -1.59. The van der Waals surface area contributed by atoms with E-state index in [1.807, 2.05) is 0 Å². The molecule has 2 aliphatic rings. The molecule has 20 heavy (non-hydrogen) atoms. The molecule has 3 heterocycles. The second-order valence-corrected chi connectivity index (χ2v) is 5.67. The fraction of sp³-hybridized carbons (Fsp3) is 0.786. The van der Waals surface area contributed by atoms with Gasteiger partial charge in [-0.3, -0.25) is 0 Å². The fourth-order valence-corrected chi connectivity index (χ4v) is 3.01. The minimum Gasteiger partial charge on any atom is -0.354 e. The molecule has 2 aliphatic heterocycles. The molecule has 0 aromatic carbocycles. The van der Waals surface area contributed by atoms with Gasteiger partial charge < -0.3 is 15.1 Å². The summed E-state index contributed by atoms with van der Waals surface area (Å²) in [5, 5.41) is 3.23. The van der Waals surface area contributed by atoms with Crippen molar-refractivity contribution < 1.29 is 0 Å². The topological polar surface area (TPSA) is 57.2 Å². The van der Waals surface area contributed by atoms with Crippen LogP contribution in [-0.2, 0) is 0 Å². The van der Waals surface area contributed by atoms with E-state index in [2.05, 4.69) is 38.9 Å². The highest BCUT2D eigenvalue weighted by molar-refractivity contribution is 5.46. The van der Waals surface area contributed by atoms with Crippen LogP contribution in [0.1, 0.15) is 39.5 Å². The first-order valence-corrected chi connectivity index (χ1v) is 7.79. The summed E-state index contributed by atoms with van der Waals surface area (Å²) in [4.78, 5) is 18.5. The smallest absolute Gasteiger partial charge is 0.232 e. The first kappa shape index (κ1) is 13.4. The average molecular weight is 276 g/mol. The van der Waals surface area contributed by atoms with E-state index in [0.717, 1.165) is 38.1 Å². The van der Waals surface area contributed by atoms with Gasteiger partial charge in [0.25, 0.3) is 0 Å². The number of nitrogens with zero attached hydrogens (tertiary/aromatic N) is 5. The van der Waals surface area contributed by atoms with Gasteiger partial charge in [-0.2, -0.15) is 15.0 Å². The number of aromatic nitrogens is 3. The SMILES string of the molecule is CCNc1nc(N2CCCC2)nc(N2CCCC2C)n1. The maximum Gasteiger partial charge on any atom is 0.232 e. The van der Waals surface area contributed by atoms with Gasteiger partial charge in [0.15, 0.2) is 0 Å². The largest absolute Gasteiger partial charge is 0.354 e. The van der Waals surface area contributed by atoms with Gasteiger partial charge in [-0.05, 0) is 39.5 Å². The van der Waals surface area contributed by atoms with Crippen LogP contribution in [0.25, 0.3) is 0 Å². The van der Waals surface area contributed by atoms with E-state index in [1.165, 1.54) is 25.7 Å². The zero-order chi connectivity index (χ0) is 13.9. The predicted octanol–water partition coefficient (Wildman–Crippen LogP) is 1.89. The Morgan fingerprint density at radius 1 is 1.05 bits per heavy atom. The van der Waals surface area contributed by atoms with E-state index in [0.29, 0.717) is 12.0 Å². The molecule has 1 atom stereocenters. The van der Waals surface area contributed by atoms with Crippen molar-refractivity contribution in [2.75, 3.05) is 41.3 Å². The number of nitrogens with one attached hydrogen (secondary N) is 1. The second-order valence-electron chi connectivity index (χ2n) is 5.67. The molecule has 1 unspecified atom stereocenters. The van der Waals surface area contributed by atoms with Gasteiger partial charge in [-0.1, -0.05) is 0 Å². The highest BCUT2D eigenvalue weighted by Gasteiger charge is 2.25. The third-order valence-corrected chi connectivity index (χ3v) is 4.15. The summed E-state index contributed by atoms with van der Waals surface area (Å²) in [6, 6.07) is 0.526. The third kappa shape index (κ3) is 2.64. The van der Waals surface area contributed by atoms with Crippen LogP contribution in [0, 0.1) is 0 Å². The van der Waals surface area contributed by atoms with Crippen molar-refractivity contribution in [3.8, 4) is 0 Å². The van der Waals surface area contributed by atoms with E-state index >= 15 is 0 Å². The van der Waals surface area contributed by atoms with Gasteiger partial charge in [-0.25, -0.2) is 0 Å². The molecule has 0 bridgehead atoms. The van der Waals surface area contributed by atoms with Gasteiger partial charge >= 0.3 is 0 Å². The van der Waals surface area contributed by atoms with Crippen LogP contribution in [0.2, 0.25) is 0 Å². The molecule has 2 saturated heterocycles. The van der Waals surface area contributed by atoms with Gasteiger partial charge in [-0.15, -0.1) is 0 Å². The molecule has 0 amide bonds. The lowest BCUT2D eigenvalue weighted by molar-refractivity contribution is 0.712. The maximum absolute atomic E-state index is 4.72. The van der Waals surface area contributed by atoms with Gasteiger partial charge in [0, 0.05) is 32.2 Å². The van der Waals surface area contributed by atoms with E-state index < -0.39 is 0 Å². The van der Waals surface area contributed by atoms with E-state index in [1.54, 1.807) is 0 Å². The molecule has 110 valence electrons. The number of anilines is 3. The predicted molar refractivity (Wildman–Crippen MR) is 81.5 cm³/mol. The monoisotopic (exact) mass is 276 g/mol. The lowest BCUT2D eigenvalue weighted by atomic mass is 10.2. The Morgan fingerprint density at radius 3 is 2.45 bits per heavy atom. The zero-order valence-electron chi connectivity index (χ0n) is 12.5. The van der Waals surface area contributed by atoms with Crippen molar-refractivity contribution in [3.63, 3.8) is 0 Å². The maximum atomic E-state index is 4.72. The molecule has 6 nitrogen and oxygen atoms in total. The van der Waals surface area contributed by atoms with E-state index in [4.69, 9.17) is 4.98 Å². The van der Waals surface area contributed by atoms with Crippen LogP contribution in [0.5, 0.6) is 0 Å². The Labute approximate surface area is 120 Å². The summed E-state index contributed by atoms with van der Waals surface area (Å²) >= 11 is 0. The molecule has 1 aromatic rings. The highest BCUT2D eigenvalue weighted by atomic mass is 15.4. The Morgan fingerprint density at radius 2 is 1.80 bits per heavy atom.